The highest BCUT2D eigenvalue weighted by molar-refractivity contribution is 5.98. The van der Waals surface area contributed by atoms with Crippen LogP contribution in [0.1, 0.15) is 63.6 Å². The van der Waals surface area contributed by atoms with Gasteiger partial charge in [0.2, 0.25) is 0 Å². The molecule has 1 saturated heterocycles. The van der Waals surface area contributed by atoms with Gasteiger partial charge in [-0.05, 0) is 64.4 Å². The molecule has 2 bridgehead atoms. The van der Waals surface area contributed by atoms with Gasteiger partial charge in [0, 0.05) is 80.6 Å². The largest absolute Gasteiger partial charge is 0.387 e. The van der Waals surface area contributed by atoms with Crippen molar-refractivity contribution in [2.45, 2.75) is 70.9 Å². The second-order valence-corrected chi connectivity index (χ2v) is 11.6. The number of fused-ring (bicyclic) bond motifs is 2. The monoisotopic (exact) mass is 493 g/mol. The van der Waals surface area contributed by atoms with E-state index in [1.807, 2.05) is 20.9 Å². The SMILES string of the molecule is CNc1nc(C)cc(N2CCC(NCC34CCC(N5CCO[C@@H](C)C5)(CC3)C4)=C(C(C)=N)C2)c1C=N. The van der Waals surface area contributed by atoms with E-state index in [1.165, 1.54) is 44.0 Å². The van der Waals surface area contributed by atoms with Crippen LogP contribution in [-0.2, 0) is 4.74 Å². The maximum atomic E-state index is 8.55. The van der Waals surface area contributed by atoms with E-state index in [0.29, 0.717) is 29.3 Å². The molecule has 0 aromatic carbocycles. The summed E-state index contributed by atoms with van der Waals surface area (Å²) in [6.07, 6.45) is 9.15. The van der Waals surface area contributed by atoms with Crippen molar-refractivity contribution in [1.82, 2.24) is 15.2 Å². The van der Waals surface area contributed by atoms with Crippen LogP contribution in [0.2, 0.25) is 0 Å². The Kier molecular flexibility index (Phi) is 6.85. The number of hydrogen-bond acceptors (Lipinski definition) is 8. The van der Waals surface area contributed by atoms with Gasteiger partial charge in [-0.25, -0.2) is 4.98 Å². The fourth-order valence-corrected chi connectivity index (χ4v) is 7.28. The molecule has 3 fully saturated rings. The lowest BCUT2D eigenvalue weighted by Gasteiger charge is -2.44. The summed E-state index contributed by atoms with van der Waals surface area (Å²) in [7, 11) is 1.85. The summed E-state index contributed by atoms with van der Waals surface area (Å²) in [6.45, 7) is 11.7. The fourth-order valence-electron chi connectivity index (χ4n) is 7.28. The van der Waals surface area contributed by atoms with Crippen molar-refractivity contribution in [3.8, 4) is 0 Å². The van der Waals surface area contributed by atoms with Crippen LogP contribution in [0, 0.1) is 23.2 Å². The van der Waals surface area contributed by atoms with Crippen molar-refractivity contribution in [2.24, 2.45) is 5.41 Å². The summed E-state index contributed by atoms with van der Waals surface area (Å²) >= 11 is 0. The molecule has 0 amide bonds. The Balaban J connectivity index is 1.30. The van der Waals surface area contributed by atoms with Gasteiger partial charge in [-0.3, -0.25) is 4.90 Å². The molecule has 5 rings (SSSR count). The third-order valence-electron chi connectivity index (χ3n) is 9.22. The first-order valence-corrected chi connectivity index (χ1v) is 13.6. The molecule has 8 nitrogen and oxygen atoms in total. The highest BCUT2D eigenvalue weighted by Gasteiger charge is 2.56. The number of aromatic nitrogens is 1. The number of nitrogens with zero attached hydrogens (tertiary/aromatic N) is 3. The van der Waals surface area contributed by atoms with Gasteiger partial charge in [-0.2, -0.15) is 0 Å². The molecule has 0 spiro atoms. The Morgan fingerprint density at radius 2 is 2.06 bits per heavy atom. The average molecular weight is 494 g/mol. The molecule has 1 aromatic rings. The van der Waals surface area contributed by atoms with E-state index in [4.69, 9.17) is 15.6 Å². The number of anilines is 2. The average Bonchev–Trinajstić information content (AvgIpc) is 3.45. The first-order valence-electron chi connectivity index (χ1n) is 13.6. The second-order valence-electron chi connectivity index (χ2n) is 11.6. The zero-order valence-electron chi connectivity index (χ0n) is 22.5. The van der Waals surface area contributed by atoms with E-state index >= 15 is 0 Å². The summed E-state index contributed by atoms with van der Waals surface area (Å²) in [5, 5.41) is 23.6. The minimum Gasteiger partial charge on any atom is -0.387 e. The van der Waals surface area contributed by atoms with Gasteiger partial charge in [0.15, 0.2) is 0 Å². The lowest BCUT2D eigenvalue weighted by molar-refractivity contribution is -0.0604. The molecular weight excluding hydrogens is 450 g/mol. The van der Waals surface area contributed by atoms with Crippen molar-refractivity contribution in [2.75, 3.05) is 56.6 Å². The quantitative estimate of drug-likeness (QED) is 0.409. The van der Waals surface area contributed by atoms with Crippen molar-refractivity contribution in [3.05, 3.63) is 28.6 Å². The van der Waals surface area contributed by atoms with Crippen molar-refractivity contribution in [1.29, 1.82) is 10.8 Å². The third kappa shape index (κ3) is 4.54. The maximum Gasteiger partial charge on any atom is 0.136 e. The summed E-state index contributed by atoms with van der Waals surface area (Å²) < 4.78 is 5.83. The van der Waals surface area contributed by atoms with Crippen LogP contribution in [0.15, 0.2) is 17.3 Å². The van der Waals surface area contributed by atoms with Crippen LogP contribution >= 0.6 is 0 Å². The topological polar surface area (TPSA) is 100 Å². The third-order valence-corrected chi connectivity index (χ3v) is 9.22. The van der Waals surface area contributed by atoms with Crippen LogP contribution in [0.3, 0.4) is 0 Å². The summed E-state index contributed by atoms with van der Waals surface area (Å²) in [4.78, 5) is 9.61. The molecule has 2 saturated carbocycles. The smallest absolute Gasteiger partial charge is 0.136 e. The molecule has 4 N–H and O–H groups in total. The van der Waals surface area contributed by atoms with Gasteiger partial charge in [0.25, 0.3) is 0 Å². The molecule has 2 aliphatic carbocycles. The zero-order valence-corrected chi connectivity index (χ0v) is 22.5. The number of nitrogens with one attached hydrogen (secondary N) is 4. The Labute approximate surface area is 215 Å². The van der Waals surface area contributed by atoms with Gasteiger partial charge in [0.1, 0.15) is 5.82 Å². The minimum atomic E-state index is 0.344. The molecule has 0 radical (unpaired) electrons. The molecule has 4 aliphatic rings. The number of aryl methyl sites for hydroxylation is 1. The highest BCUT2D eigenvalue weighted by atomic mass is 16.5. The molecular formula is C28H43N7O. The number of rotatable bonds is 8. The van der Waals surface area contributed by atoms with Crippen molar-refractivity contribution >= 4 is 23.4 Å². The van der Waals surface area contributed by atoms with Gasteiger partial charge in [-0.1, -0.05) is 0 Å². The van der Waals surface area contributed by atoms with Gasteiger partial charge in [-0.15, -0.1) is 0 Å². The van der Waals surface area contributed by atoms with E-state index < -0.39 is 0 Å². The van der Waals surface area contributed by atoms with Crippen LogP contribution in [0.25, 0.3) is 0 Å². The normalized spacial score (nSPS) is 30.6. The van der Waals surface area contributed by atoms with Crippen LogP contribution in [0.5, 0.6) is 0 Å². The second kappa shape index (κ2) is 9.78. The van der Waals surface area contributed by atoms with E-state index in [0.717, 1.165) is 67.5 Å². The van der Waals surface area contributed by atoms with E-state index in [2.05, 4.69) is 38.4 Å². The summed E-state index contributed by atoms with van der Waals surface area (Å²) in [6, 6.07) is 2.07. The van der Waals surface area contributed by atoms with Crippen LogP contribution < -0.4 is 15.5 Å². The summed E-state index contributed by atoms with van der Waals surface area (Å²) in [5.74, 6) is 0.737. The van der Waals surface area contributed by atoms with Crippen LogP contribution in [0.4, 0.5) is 11.5 Å². The molecule has 3 heterocycles. The Hall–Kier alpha value is -2.45. The first-order chi connectivity index (χ1) is 17.3. The summed E-state index contributed by atoms with van der Waals surface area (Å²) in [5.41, 5.74) is 6.49. The molecule has 36 heavy (non-hydrogen) atoms. The van der Waals surface area contributed by atoms with Gasteiger partial charge >= 0.3 is 0 Å². The van der Waals surface area contributed by atoms with E-state index in [1.54, 1.807) is 0 Å². The molecule has 1 atom stereocenters. The highest BCUT2D eigenvalue weighted by Crippen LogP contribution is 2.59. The number of hydrogen-bond donors (Lipinski definition) is 4. The first kappa shape index (κ1) is 25.2. The van der Waals surface area contributed by atoms with Crippen molar-refractivity contribution in [3.63, 3.8) is 0 Å². The molecule has 196 valence electrons. The zero-order chi connectivity index (χ0) is 25.5. The predicted molar refractivity (Wildman–Crippen MR) is 147 cm³/mol. The number of pyridine rings is 1. The van der Waals surface area contributed by atoms with Crippen LogP contribution in [-0.4, -0.2) is 79.8 Å². The molecule has 8 heteroatoms. The minimum absolute atomic E-state index is 0.344. The van der Waals surface area contributed by atoms with E-state index in [9.17, 15) is 0 Å². The Bertz CT molecular complexity index is 1060. The predicted octanol–water partition coefficient (Wildman–Crippen LogP) is 3.95. The maximum absolute atomic E-state index is 8.55. The molecule has 2 aliphatic heterocycles. The Morgan fingerprint density at radius 3 is 2.72 bits per heavy atom. The van der Waals surface area contributed by atoms with E-state index in [-0.39, 0.29) is 0 Å². The standard InChI is InChI=1S/C28H43N7O/c1-19-13-25(22(14-29)26(31-4)33-19)34-10-5-24(23(16-34)21(3)30)32-18-27-6-8-28(17-27,9-7-27)35-11-12-36-20(2)15-35/h13-14,20,29-30,32H,5-12,15-18H2,1-4H3,(H,31,33)/t20-,27?,28?/m0/s1. The number of morpholine rings is 1. The fraction of sp³-hybridized carbons (Fsp3) is 0.679. The van der Waals surface area contributed by atoms with Gasteiger partial charge in [0.05, 0.1) is 24.0 Å². The van der Waals surface area contributed by atoms with Gasteiger partial charge < -0.3 is 31.1 Å². The Morgan fingerprint density at radius 1 is 1.28 bits per heavy atom. The molecule has 1 aromatic heterocycles. The number of ether oxygens (including phenoxy) is 1. The molecule has 0 unspecified atom stereocenters. The lowest BCUT2D eigenvalue weighted by atomic mass is 9.83. The van der Waals surface area contributed by atoms with Crippen molar-refractivity contribution < 1.29 is 4.74 Å². The lowest BCUT2D eigenvalue weighted by Crippen LogP contribution is -2.53.